The van der Waals surface area contributed by atoms with Crippen molar-refractivity contribution in [1.29, 1.82) is 0 Å². The van der Waals surface area contributed by atoms with Gasteiger partial charge in [-0.1, -0.05) is 17.7 Å². The first-order valence-corrected chi connectivity index (χ1v) is 9.42. The normalized spacial score (nSPS) is 11.5. The number of fused-ring (bicyclic) bond motifs is 1. The number of sulfonamides is 1. The van der Waals surface area contributed by atoms with Crippen LogP contribution in [0.15, 0.2) is 56.6 Å². The van der Waals surface area contributed by atoms with Gasteiger partial charge < -0.3 is 4.42 Å². The van der Waals surface area contributed by atoms with E-state index in [4.69, 9.17) is 4.42 Å². The van der Waals surface area contributed by atoms with Crippen LogP contribution in [0.25, 0.3) is 11.1 Å². The van der Waals surface area contributed by atoms with Crippen LogP contribution in [0.5, 0.6) is 0 Å². The summed E-state index contributed by atoms with van der Waals surface area (Å²) in [4.78, 5) is 35.6. The zero-order valence-electron chi connectivity index (χ0n) is 14.6. The lowest BCUT2D eigenvalue weighted by atomic mass is 10.1. The molecule has 140 valence electrons. The molecule has 3 rings (SSSR count). The van der Waals surface area contributed by atoms with Crippen LogP contribution in [0.1, 0.15) is 22.8 Å². The SMILES string of the molecule is CC(=O)c1ccc2c(c1)oc(=O)n2CC(=O)NS(=O)(=O)c1ccc(C)cc1. The van der Waals surface area contributed by atoms with E-state index in [1.807, 2.05) is 11.6 Å². The topological polar surface area (TPSA) is 115 Å². The van der Waals surface area contributed by atoms with Crippen molar-refractivity contribution in [3.8, 4) is 0 Å². The number of hydrogen-bond donors (Lipinski definition) is 1. The second-order valence-electron chi connectivity index (χ2n) is 6.03. The Kier molecular flexibility index (Phi) is 4.71. The Morgan fingerprint density at radius 2 is 1.78 bits per heavy atom. The summed E-state index contributed by atoms with van der Waals surface area (Å²) >= 11 is 0. The van der Waals surface area contributed by atoms with Crippen LogP contribution in [0.2, 0.25) is 0 Å². The predicted octanol–water partition coefficient (Wildman–Crippen LogP) is 1.61. The molecule has 0 fully saturated rings. The molecule has 8 nitrogen and oxygen atoms in total. The zero-order chi connectivity index (χ0) is 19.8. The third kappa shape index (κ3) is 3.82. The van der Waals surface area contributed by atoms with Crippen LogP contribution in [0, 0.1) is 6.92 Å². The summed E-state index contributed by atoms with van der Waals surface area (Å²) in [5.41, 5.74) is 1.66. The summed E-state index contributed by atoms with van der Waals surface area (Å²) in [6.45, 7) is 2.64. The maximum absolute atomic E-state index is 12.3. The summed E-state index contributed by atoms with van der Waals surface area (Å²) in [6.07, 6.45) is 0. The number of carbonyl (C=O) groups is 2. The van der Waals surface area contributed by atoms with Crippen molar-refractivity contribution < 1.29 is 22.4 Å². The van der Waals surface area contributed by atoms with Crippen molar-refractivity contribution >= 4 is 32.8 Å². The van der Waals surface area contributed by atoms with Crippen molar-refractivity contribution in [3.63, 3.8) is 0 Å². The van der Waals surface area contributed by atoms with E-state index in [0.29, 0.717) is 5.56 Å². The van der Waals surface area contributed by atoms with Gasteiger partial charge in [-0.25, -0.2) is 17.9 Å². The number of oxazole rings is 1. The number of hydrogen-bond acceptors (Lipinski definition) is 6. The molecule has 0 spiro atoms. The molecule has 1 heterocycles. The Balaban J connectivity index is 1.86. The third-order valence-corrected chi connectivity index (χ3v) is 5.35. The zero-order valence-corrected chi connectivity index (χ0v) is 15.4. The molecule has 0 unspecified atom stereocenters. The van der Waals surface area contributed by atoms with Crippen molar-refractivity contribution in [2.75, 3.05) is 0 Å². The van der Waals surface area contributed by atoms with E-state index in [1.165, 1.54) is 37.3 Å². The summed E-state index contributed by atoms with van der Waals surface area (Å²) in [7, 11) is -4.05. The van der Waals surface area contributed by atoms with Gasteiger partial charge in [0.05, 0.1) is 10.4 Å². The molecule has 0 atom stereocenters. The summed E-state index contributed by atoms with van der Waals surface area (Å²) in [5, 5.41) is 0. The molecule has 0 saturated carbocycles. The highest BCUT2D eigenvalue weighted by Crippen LogP contribution is 2.16. The van der Waals surface area contributed by atoms with E-state index in [9.17, 15) is 22.8 Å². The summed E-state index contributed by atoms with van der Waals surface area (Å²) in [5.74, 6) is -1.92. The minimum Gasteiger partial charge on any atom is -0.408 e. The van der Waals surface area contributed by atoms with Gasteiger partial charge in [0.15, 0.2) is 11.4 Å². The highest BCUT2D eigenvalue weighted by Gasteiger charge is 2.20. The molecule has 3 aromatic rings. The van der Waals surface area contributed by atoms with E-state index in [1.54, 1.807) is 12.1 Å². The first-order valence-electron chi connectivity index (χ1n) is 7.94. The molecule has 0 saturated heterocycles. The Hall–Kier alpha value is -3.20. The largest absolute Gasteiger partial charge is 0.420 e. The number of nitrogens with one attached hydrogen (secondary N) is 1. The van der Waals surface area contributed by atoms with Gasteiger partial charge >= 0.3 is 5.76 Å². The molecule has 2 aromatic carbocycles. The quantitative estimate of drug-likeness (QED) is 0.664. The highest BCUT2D eigenvalue weighted by atomic mass is 32.2. The predicted molar refractivity (Wildman–Crippen MR) is 97.0 cm³/mol. The summed E-state index contributed by atoms with van der Waals surface area (Å²) in [6, 6.07) is 10.4. The van der Waals surface area contributed by atoms with E-state index >= 15 is 0 Å². The van der Waals surface area contributed by atoms with Crippen molar-refractivity contribution in [3.05, 3.63) is 64.1 Å². The van der Waals surface area contributed by atoms with E-state index in [0.717, 1.165) is 10.1 Å². The van der Waals surface area contributed by atoms with E-state index in [-0.39, 0.29) is 21.8 Å². The molecular weight excluding hydrogens is 372 g/mol. The number of benzene rings is 2. The lowest BCUT2D eigenvalue weighted by Gasteiger charge is -2.07. The van der Waals surface area contributed by atoms with Crippen molar-refractivity contribution in [1.82, 2.24) is 9.29 Å². The van der Waals surface area contributed by atoms with Crippen molar-refractivity contribution in [2.24, 2.45) is 0 Å². The fourth-order valence-corrected chi connectivity index (χ4v) is 3.51. The number of rotatable bonds is 5. The number of aromatic nitrogens is 1. The van der Waals surface area contributed by atoms with Gasteiger partial charge in [0.2, 0.25) is 0 Å². The number of Topliss-reactive ketones (excluding diaryl/α,β-unsaturated/α-hetero) is 1. The molecule has 0 radical (unpaired) electrons. The van der Waals surface area contributed by atoms with Gasteiger partial charge in [0.25, 0.3) is 15.9 Å². The molecule has 0 aliphatic rings. The Labute approximate surface area is 154 Å². The molecule has 0 aliphatic heterocycles. The van der Waals surface area contributed by atoms with E-state index < -0.39 is 28.2 Å². The van der Waals surface area contributed by atoms with Crippen LogP contribution in [0.3, 0.4) is 0 Å². The molecule has 0 bridgehead atoms. The Morgan fingerprint density at radius 3 is 2.41 bits per heavy atom. The van der Waals surface area contributed by atoms with Crippen LogP contribution in [-0.2, 0) is 21.4 Å². The number of nitrogens with zero attached hydrogens (tertiary/aromatic N) is 1. The van der Waals surface area contributed by atoms with Crippen LogP contribution >= 0.6 is 0 Å². The smallest absolute Gasteiger partial charge is 0.408 e. The second kappa shape index (κ2) is 6.84. The summed E-state index contributed by atoms with van der Waals surface area (Å²) < 4.78 is 32.5. The molecule has 9 heteroatoms. The molecular formula is C18H16N2O6S. The number of amides is 1. The molecule has 27 heavy (non-hydrogen) atoms. The van der Waals surface area contributed by atoms with Gasteiger partial charge in [0, 0.05) is 5.56 Å². The fourth-order valence-electron chi connectivity index (χ4n) is 2.54. The molecule has 1 N–H and O–H groups in total. The highest BCUT2D eigenvalue weighted by molar-refractivity contribution is 7.90. The Bertz CT molecular complexity index is 1200. The lowest BCUT2D eigenvalue weighted by molar-refractivity contribution is -0.119. The lowest BCUT2D eigenvalue weighted by Crippen LogP contribution is -2.35. The maximum Gasteiger partial charge on any atom is 0.420 e. The first kappa shape index (κ1) is 18.6. The second-order valence-corrected chi connectivity index (χ2v) is 7.72. The minimum absolute atomic E-state index is 0.0584. The molecule has 0 aliphatic carbocycles. The average molecular weight is 388 g/mol. The fraction of sp³-hybridized carbons (Fsp3) is 0.167. The van der Waals surface area contributed by atoms with Gasteiger partial charge in [0.1, 0.15) is 6.54 Å². The number of carbonyl (C=O) groups excluding carboxylic acids is 2. The molecule has 1 aromatic heterocycles. The third-order valence-electron chi connectivity index (χ3n) is 3.96. The van der Waals surface area contributed by atoms with Crippen LogP contribution in [-0.4, -0.2) is 24.7 Å². The van der Waals surface area contributed by atoms with Crippen LogP contribution in [0.4, 0.5) is 0 Å². The van der Waals surface area contributed by atoms with E-state index in [2.05, 4.69) is 0 Å². The standard InChI is InChI=1S/C18H16N2O6S/c1-11-3-6-14(7-4-11)27(24,25)19-17(22)10-20-15-8-5-13(12(2)21)9-16(15)26-18(20)23/h3-9H,10H2,1-2H3,(H,19,22). The van der Waals surface area contributed by atoms with Gasteiger partial charge in [-0.2, -0.15) is 0 Å². The van der Waals surface area contributed by atoms with Gasteiger partial charge in [-0.05, 0) is 44.2 Å². The first-order chi connectivity index (χ1) is 12.7. The number of aryl methyl sites for hydroxylation is 1. The Morgan fingerprint density at radius 1 is 1.11 bits per heavy atom. The number of ketones is 1. The van der Waals surface area contributed by atoms with Gasteiger partial charge in [-0.15, -0.1) is 0 Å². The van der Waals surface area contributed by atoms with Crippen LogP contribution < -0.4 is 10.5 Å². The van der Waals surface area contributed by atoms with Crippen molar-refractivity contribution in [2.45, 2.75) is 25.3 Å². The monoisotopic (exact) mass is 388 g/mol. The van der Waals surface area contributed by atoms with Gasteiger partial charge in [-0.3, -0.25) is 14.2 Å². The average Bonchev–Trinajstić information content (AvgIpc) is 2.89. The molecule has 1 amide bonds. The maximum atomic E-state index is 12.3. The minimum atomic E-state index is -4.05.